The Labute approximate surface area is 188 Å². The number of aromatic nitrogens is 1. The van der Waals surface area contributed by atoms with E-state index >= 15 is 0 Å². The van der Waals surface area contributed by atoms with Crippen LogP contribution in [0.3, 0.4) is 0 Å². The molecular weight excluding hydrogens is 434 g/mol. The van der Waals surface area contributed by atoms with Crippen molar-refractivity contribution in [1.82, 2.24) is 4.98 Å². The number of pyridine rings is 1. The van der Waals surface area contributed by atoms with Crippen molar-refractivity contribution in [2.45, 2.75) is 18.9 Å². The molecular formula is C22H21N3O4S2. The third-order valence-electron chi connectivity index (χ3n) is 4.11. The Kier molecular flexibility index (Phi) is 7.80. The van der Waals surface area contributed by atoms with Crippen LogP contribution in [-0.4, -0.2) is 35.1 Å². The van der Waals surface area contributed by atoms with Crippen LogP contribution in [0, 0.1) is 6.92 Å². The molecule has 7 nitrogen and oxygen atoms in total. The molecule has 160 valence electrons. The van der Waals surface area contributed by atoms with E-state index < -0.39 is 5.97 Å². The SMILES string of the molecule is CCOC(=O)c1c(NC(=O)CSc2ccccn2)sc(C(=O)Nc2ccccc2)c1C. The van der Waals surface area contributed by atoms with Crippen molar-refractivity contribution in [3.8, 4) is 0 Å². The van der Waals surface area contributed by atoms with Gasteiger partial charge in [-0.15, -0.1) is 11.3 Å². The highest BCUT2D eigenvalue weighted by atomic mass is 32.2. The summed E-state index contributed by atoms with van der Waals surface area (Å²) in [4.78, 5) is 42.3. The molecule has 0 saturated heterocycles. The molecule has 0 unspecified atom stereocenters. The lowest BCUT2D eigenvalue weighted by Gasteiger charge is -2.07. The van der Waals surface area contributed by atoms with E-state index in [0.29, 0.717) is 26.2 Å². The minimum absolute atomic E-state index is 0.113. The van der Waals surface area contributed by atoms with E-state index in [-0.39, 0.29) is 29.7 Å². The van der Waals surface area contributed by atoms with Crippen molar-refractivity contribution >= 4 is 51.6 Å². The zero-order valence-corrected chi connectivity index (χ0v) is 18.6. The lowest BCUT2D eigenvalue weighted by Crippen LogP contribution is -2.16. The molecule has 0 atom stereocenters. The van der Waals surface area contributed by atoms with E-state index in [2.05, 4.69) is 15.6 Å². The number of rotatable bonds is 8. The Bertz CT molecular complexity index is 1070. The number of nitrogens with zero attached hydrogens (tertiary/aromatic N) is 1. The fraction of sp³-hybridized carbons (Fsp3) is 0.182. The van der Waals surface area contributed by atoms with Crippen molar-refractivity contribution in [1.29, 1.82) is 0 Å². The van der Waals surface area contributed by atoms with Crippen molar-refractivity contribution < 1.29 is 19.1 Å². The lowest BCUT2D eigenvalue weighted by molar-refractivity contribution is -0.113. The summed E-state index contributed by atoms with van der Waals surface area (Å²) in [6.45, 7) is 3.55. The highest BCUT2D eigenvalue weighted by Gasteiger charge is 2.26. The van der Waals surface area contributed by atoms with Crippen LogP contribution in [0.1, 0.15) is 32.5 Å². The van der Waals surface area contributed by atoms with Crippen LogP contribution in [0.5, 0.6) is 0 Å². The first-order valence-corrected chi connectivity index (χ1v) is 11.3. The fourth-order valence-corrected chi connectivity index (χ4v) is 4.48. The number of ether oxygens (including phenoxy) is 1. The second kappa shape index (κ2) is 10.7. The largest absolute Gasteiger partial charge is 0.462 e. The van der Waals surface area contributed by atoms with Crippen molar-refractivity contribution in [2.75, 3.05) is 23.0 Å². The van der Waals surface area contributed by atoms with Crippen LogP contribution in [0.2, 0.25) is 0 Å². The first-order valence-electron chi connectivity index (χ1n) is 9.50. The van der Waals surface area contributed by atoms with E-state index in [0.717, 1.165) is 11.3 Å². The predicted molar refractivity (Wildman–Crippen MR) is 123 cm³/mol. The maximum Gasteiger partial charge on any atom is 0.341 e. The van der Waals surface area contributed by atoms with Gasteiger partial charge in [-0.25, -0.2) is 9.78 Å². The number of nitrogens with one attached hydrogen (secondary N) is 2. The standard InChI is InChI=1S/C22H21N3O4S2/c1-3-29-22(28)18-14(2)19(20(27)24-15-9-5-4-6-10-15)31-21(18)25-16(26)13-30-17-11-7-8-12-23-17/h4-12H,3,13H2,1-2H3,(H,24,27)(H,25,26). The normalized spacial score (nSPS) is 10.4. The average Bonchev–Trinajstić information content (AvgIpc) is 3.09. The van der Waals surface area contributed by atoms with E-state index in [1.807, 2.05) is 30.3 Å². The summed E-state index contributed by atoms with van der Waals surface area (Å²) in [6, 6.07) is 14.5. The van der Waals surface area contributed by atoms with Gasteiger partial charge in [0.15, 0.2) is 0 Å². The van der Waals surface area contributed by atoms with Crippen LogP contribution in [0.15, 0.2) is 59.8 Å². The van der Waals surface area contributed by atoms with Crippen LogP contribution in [0.25, 0.3) is 0 Å². The molecule has 2 amide bonds. The zero-order chi connectivity index (χ0) is 22.2. The molecule has 3 rings (SSSR count). The highest BCUT2D eigenvalue weighted by Crippen LogP contribution is 2.34. The number of carbonyl (C=O) groups is 3. The van der Waals surface area contributed by atoms with E-state index in [9.17, 15) is 14.4 Å². The molecule has 0 radical (unpaired) electrons. The van der Waals surface area contributed by atoms with Crippen molar-refractivity contribution in [3.63, 3.8) is 0 Å². The number of carbonyl (C=O) groups excluding carboxylic acids is 3. The van der Waals surface area contributed by atoms with Gasteiger partial charge in [0.05, 0.1) is 27.8 Å². The Hall–Kier alpha value is -3.17. The van der Waals surface area contributed by atoms with Gasteiger partial charge in [-0.3, -0.25) is 9.59 Å². The maximum atomic E-state index is 12.8. The quantitative estimate of drug-likeness (QED) is 0.380. The van der Waals surface area contributed by atoms with Gasteiger partial charge in [0.25, 0.3) is 5.91 Å². The molecule has 2 aromatic heterocycles. The molecule has 2 heterocycles. The third-order valence-corrected chi connectivity index (χ3v) is 6.26. The molecule has 9 heteroatoms. The molecule has 0 bridgehead atoms. The summed E-state index contributed by atoms with van der Waals surface area (Å²) in [5, 5.41) is 6.56. The van der Waals surface area contributed by atoms with E-state index in [1.165, 1.54) is 11.8 Å². The number of amides is 2. The van der Waals surface area contributed by atoms with Gasteiger partial charge in [-0.05, 0) is 43.7 Å². The summed E-state index contributed by atoms with van der Waals surface area (Å²) in [5.74, 6) is -1.13. The molecule has 0 fully saturated rings. The van der Waals surface area contributed by atoms with Crippen molar-refractivity contribution in [2.24, 2.45) is 0 Å². The minimum Gasteiger partial charge on any atom is -0.462 e. The second-order valence-corrected chi connectivity index (χ2v) is 8.32. The highest BCUT2D eigenvalue weighted by molar-refractivity contribution is 7.99. The Morgan fingerprint density at radius 1 is 1.06 bits per heavy atom. The van der Waals surface area contributed by atoms with Gasteiger partial charge in [0.2, 0.25) is 5.91 Å². The monoisotopic (exact) mass is 455 g/mol. The number of anilines is 2. The molecule has 1 aromatic carbocycles. The second-order valence-electron chi connectivity index (χ2n) is 6.31. The zero-order valence-electron chi connectivity index (χ0n) is 17.0. The van der Waals surface area contributed by atoms with Crippen LogP contribution in [0.4, 0.5) is 10.7 Å². The van der Waals surface area contributed by atoms with Gasteiger partial charge in [0.1, 0.15) is 5.00 Å². The number of thioether (sulfide) groups is 1. The lowest BCUT2D eigenvalue weighted by atomic mass is 10.1. The van der Waals surface area contributed by atoms with E-state index in [4.69, 9.17) is 4.74 Å². The molecule has 3 aromatic rings. The maximum absolute atomic E-state index is 12.8. The number of thiophene rings is 1. The van der Waals surface area contributed by atoms with Gasteiger partial charge < -0.3 is 15.4 Å². The first-order chi connectivity index (χ1) is 15.0. The molecule has 0 aliphatic heterocycles. The Balaban J connectivity index is 1.80. The first kappa shape index (κ1) is 22.5. The van der Waals surface area contributed by atoms with Gasteiger partial charge in [-0.1, -0.05) is 36.0 Å². The van der Waals surface area contributed by atoms with Crippen molar-refractivity contribution in [3.05, 3.63) is 70.7 Å². The van der Waals surface area contributed by atoms with Gasteiger partial charge in [-0.2, -0.15) is 0 Å². The summed E-state index contributed by atoms with van der Waals surface area (Å²) in [6.07, 6.45) is 1.65. The van der Waals surface area contributed by atoms with E-state index in [1.54, 1.807) is 38.2 Å². The number of benzene rings is 1. The molecule has 0 saturated carbocycles. The molecule has 31 heavy (non-hydrogen) atoms. The Morgan fingerprint density at radius 2 is 1.81 bits per heavy atom. The minimum atomic E-state index is -0.581. The summed E-state index contributed by atoms with van der Waals surface area (Å²) in [7, 11) is 0. The van der Waals surface area contributed by atoms with Gasteiger partial charge in [0, 0.05) is 11.9 Å². The predicted octanol–water partition coefficient (Wildman–Crippen LogP) is 4.61. The summed E-state index contributed by atoms with van der Waals surface area (Å²) in [5.41, 5.74) is 1.29. The number of para-hydroxylation sites is 1. The molecule has 0 spiro atoms. The summed E-state index contributed by atoms with van der Waals surface area (Å²) >= 11 is 2.33. The number of esters is 1. The number of hydrogen-bond acceptors (Lipinski definition) is 7. The fourth-order valence-electron chi connectivity index (χ4n) is 2.71. The molecule has 2 N–H and O–H groups in total. The van der Waals surface area contributed by atoms with Gasteiger partial charge >= 0.3 is 5.97 Å². The molecule has 0 aliphatic rings. The smallest absolute Gasteiger partial charge is 0.341 e. The number of hydrogen-bond donors (Lipinski definition) is 2. The molecule has 0 aliphatic carbocycles. The summed E-state index contributed by atoms with van der Waals surface area (Å²) < 4.78 is 5.14. The van der Waals surface area contributed by atoms with Crippen LogP contribution in [-0.2, 0) is 9.53 Å². The van der Waals surface area contributed by atoms with Crippen LogP contribution >= 0.6 is 23.1 Å². The third kappa shape index (κ3) is 5.93. The van der Waals surface area contributed by atoms with Crippen LogP contribution < -0.4 is 10.6 Å². The topological polar surface area (TPSA) is 97.4 Å². The Morgan fingerprint density at radius 3 is 2.48 bits per heavy atom. The average molecular weight is 456 g/mol.